The van der Waals surface area contributed by atoms with Crippen LogP contribution in [0.1, 0.15) is 10.4 Å². The molecule has 2 rings (SSSR count). The Bertz CT molecular complexity index is 687. The van der Waals surface area contributed by atoms with Crippen LogP contribution in [0.3, 0.4) is 0 Å². The monoisotopic (exact) mass is 306 g/mol. The number of rotatable bonds is 5. The first-order valence-corrected chi connectivity index (χ1v) is 6.52. The van der Waals surface area contributed by atoms with Crippen LogP contribution in [0.25, 0.3) is 0 Å². The SMILES string of the molecule is COc1ccc(Sc2cc(C(=O)O)c([N+](=O)[O-])cn2)cc1. The van der Waals surface area contributed by atoms with E-state index in [0.717, 1.165) is 11.1 Å². The number of aromatic nitrogens is 1. The number of carboxylic acids is 1. The van der Waals surface area contributed by atoms with Crippen LogP contribution in [0.5, 0.6) is 5.75 Å². The van der Waals surface area contributed by atoms with Gasteiger partial charge in [0.15, 0.2) is 0 Å². The first kappa shape index (κ1) is 14.8. The maximum atomic E-state index is 11.1. The number of nitro groups is 1. The number of nitrogens with zero attached hydrogens (tertiary/aromatic N) is 2. The Hall–Kier alpha value is -2.61. The van der Waals surface area contributed by atoms with Gasteiger partial charge < -0.3 is 9.84 Å². The molecule has 0 aliphatic carbocycles. The largest absolute Gasteiger partial charge is 0.497 e. The van der Waals surface area contributed by atoms with Crippen molar-refractivity contribution >= 4 is 23.4 Å². The fourth-order valence-corrected chi connectivity index (χ4v) is 2.36. The molecule has 0 saturated heterocycles. The molecule has 0 spiro atoms. The van der Waals surface area contributed by atoms with Gasteiger partial charge in [0.05, 0.1) is 12.0 Å². The zero-order valence-electron chi connectivity index (χ0n) is 10.8. The number of methoxy groups -OCH3 is 1. The number of carbonyl (C=O) groups is 1. The summed E-state index contributed by atoms with van der Waals surface area (Å²) in [5.41, 5.74) is -0.910. The highest BCUT2D eigenvalue weighted by Gasteiger charge is 2.21. The van der Waals surface area contributed by atoms with Gasteiger partial charge in [-0.2, -0.15) is 0 Å². The van der Waals surface area contributed by atoms with Crippen molar-refractivity contribution in [2.45, 2.75) is 9.92 Å². The fraction of sp³-hybridized carbons (Fsp3) is 0.0769. The molecule has 0 aliphatic rings. The summed E-state index contributed by atoms with van der Waals surface area (Å²) in [6, 6.07) is 8.27. The standard InChI is InChI=1S/C13H10N2O5S/c1-20-8-2-4-9(5-3-8)21-12-6-10(13(16)17)11(7-14-12)15(18)19/h2-7H,1H3,(H,16,17). The molecule has 0 unspecified atom stereocenters. The Labute approximate surface area is 123 Å². The second kappa shape index (κ2) is 6.23. The third-order valence-corrected chi connectivity index (χ3v) is 3.51. The Balaban J connectivity index is 2.29. The lowest BCUT2D eigenvalue weighted by Gasteiger charge is -2.04. The van der Waals surface area contributed by atoms with E-state index in [1.807, 2.05) is 0 Å². The molecule has 0 bridgehead atoms. The number of hydrogen-bond acceptors (Lipinski definition) is 6. The average molecular weight is 306 g/mol. The predicted octanol–water partition coefficient (Wildman–Crippen LogP) is 2.85. The van der Waals surface area contributed by atoms with Crippen molar-refractivity contribution < 1.29 is 19.6 Å². The second-order valence-corrected chi connectivity index (χ2v) is 4.97. The van der Waals surface area contributed by atoms with E-state index in [0.29, 0.717) is 10.8 Å². The van der Waals surface area contributed by atoms with Gasteiger partial charge in [0.2, 0.25) is 0 Å². The molecule has 8 heteroatoms. The van der Waals surface area contributed by atoms with E-state index in [2.05, 4.69) is 4.98 Å². The molecule has 7 nitrogen and oxygen atoms in total. The van der Waals surface area contributed by atoms with Gasteiger partial charge in [-0.1, -0.05) is 11.8 Å². The number of carboxylic acid groups (broad SMARTS) is 1. The highest BCUT2D eigenvalue weighted by molar-refractivity contribution is 7.99. The number of ether oxygens (including phenoxy) is 1. The quantitative estimate of drug-likeness (QED) is 0.669. The van der Waals surface area contributed by atoms with Crippen LogP contribution < -0.4 is 4.74 Å². The summed E-state index contributed by atoms with van der Waals surface area (Å²) in [7, 11) is 1.55. The third kappa shape index (κ3) is 3.48. The minimum Gasteiger partial charge on any atom is -0.497 e. The van der Waals surface area contributed by atoms with Crippen molar-refractivity contribution in [3.05, 3.63) is 52.2 Å². The average Bonchev–Trinajstić information content (AvgIpc) is 2.47. The molecule has 0 aliphatic heterocycles. The lowest BCUT2D eigenvalue weighted by molar-refractivity contribution is -0.385. The van der Waals surface area contributed by atoms with Crippen molar-refractivity contribution in [3.8, 4) is 5.75 Å². The molecule has 108 valence electrons. The van der Waals surface area contributed by atoms with Gasteiger partial charge in [-0.15, -0.1) is 0 Å². The molecule has 2 aromatic rings. The summed E-state index contributed by atoms with van der Waals surface area (Å²) in [5.74, 6) is -0.664. The van der Waals surface area contributed by atoms with Gasteiger partial charge in [-0.25, -0.2) is 9.78 Å². The van der Waals surface area contributed by atoms with Gasteiger partial charge in [-0.05, 0) is 30.3 Å². The number of hydrogen-bond donors (Lipinski definition) is 1. The van der Waals surface area contributed by atoms with E-state index < -0.39 is 16.6 Å². The minimum atomic E-state index is -1.36. The molecule has 1 aromatic carbocycles. The van der Waals surface area contributed by atoms with Crippen molar-refractivity contribution in [1.29, 1.82) is 0 Å². The Kier molecular flexibility index (Phi) is 4.39. The van der Waals surface area contributed by atoms with Gasteiger partial charge in [-0.3, -0.25) is 10.1 Å². The molecule has 1 heterocycles. The maximum Gasteiger partial charge on any atom is 0.342 e. The topological polar surface area (TPSA) is 103 Å². The minimum absolute atomic E-state index is 0.364. The van der Waals surface area contributed by atoms with Crippen LogP contribution in [0, 0.1) is 10.1 Å². The summed E-state index contributed by atoms with van der Waals surface area (Å²) >= 11 is 1.21. The zero-order chi connectivity index (χ0) is 15.4. The Morgan fingerprint density at radius 1 is 1.38 bits per heavy atom. The number of benzene rings is 1. The molecular weight excluding hydrogens is 296 g/mol. The zero-order valence-corrected chi connectivity index (χ0v) is 11.7. The molecular formula is C13H10N2O5S. The molecule has 0 atom stereocenters. The molecule has 0 radical (unpaired) electrons. The van der Waals surface area contributed by atoms with E-state index in [9.17, 15) is 14.9 Å². The van der Waals surface area contributed by atoms with Crippen LogP contribution in [-0.4, -0.2) is 28.1 Å². The van der Waals surface area contributed by atoms with Gasteiger partial charge >= 0.3 is 11.7 Å². The van der Waals surface area contributed by atoms with Crippen LogP contribution in [0.2, 0.25) is 0 Å². The van der Waals surface area contributed by atoms with E-state index in [1.54, 1.807) is 31.4 Å². The fourth-order valence-electron chi connectivity index (χ4n) is 1.57. The molecule has 1 N–H and O–H groups in total. The van der Waals surface area contributed by atoms with E-state index in [-0.39, 0.29) is 5.56 Å². The normalized spacial score (nSPS) is 10.1. The van der Waals surface area contributed by atoms with Gasteiger partial charge in [0, 0.05) is 4.90 Å². The van der Waals surface area contributed by atoms with E-state index in [4.69, 9.17) is 9.84 Å². The van der Waals surface area contributed by atoms with E-state index >= 15 is 0 Å². The molecule has 0 amide bonds. The van der Waals surface area contributed by atoms with Crippen molar-refractivity contribution in [1.82, 2.24) is 4.98 Å². The molecule has 1 aromatic heterocycles. The summed E-state index contributed by atoms with van der Waals surface area (Å²) in [5, 5.41) is 20.1. The highest BCUT2D eigenvalue weighted by atomic mass is 32.2. The predicted molar refractivity (Wildman–Crippen MR) is 75.0 cm³/mol. The Morgan fingerprint density at radius 3 is 2.57 bits per heavy atom. The van der Waals surface area contributed by atoms with Gasteiger partial charge in [0.1, 0.15) is 22.5 Å². The number of pyridine rings is 1. The second-order valence-electron chi connectivity index (χ2n) is 3.88. The third-order valence-electron chi connectivity index (χ3n) is 2.57. The highest BCUT2D eigenvalue weighted by Crippen LogP contribution is 2.30. The van der Waals surface area contributed by atoms with Crippen LogP contribution in [-0.2, 0) is 0 Å². The Morgan fingerprint density at radius 2 is 2.05 bits per heavy atom. The summed E-state index contributed by atoms with van der Waals surface area (Å²) in [4.78, 5) is 25.8. The summed E-state index contributed by atoms with van der Waals surface area (Å²) < 4.78 is 5.03. The molecule has 21 heavy (non-hydrogen) atoms. The van der Waals surface area contributed by atoms with Crippen molar-refractivity contribution in [2.75, 3.05) is 7.11 Å². The van der Waals surface area contributed by atoms with Crippen LogP contribution in [0.15, 0.2) is 46.5 Å². The summed E-state index contributed by atoms with van der Waals surface area (Å²) in [6.07, 6.45) is 0.954. The van der Waals surface area contributed by atoms with Gasteiger partial charge in [0.25, 0.3) is 0 Å². The number of aromatic carboxylic acids is 1. The summed E-state index contributed by atoms with van der Waals surface area (Å²) in [6.45, 7) is 0. The maximum absolute atomic E-state index is 11.1. The smallest absolute Gasteiger partial charge is 0.342 e. The van der Waals surface area contributed by atoms with Crippen LogP contribution >= 0.6 is 11.8 Å². The first-order valence-electron chi connectivity index (χ1n) is 5.71. The lowest BCUT2D eigenvalue weighted by Crippen LogP contribution is -2.03. The lowest BCUT2D eigenvalue weighted by atomic mass is 10.2. The first-order chi connectivity index (χ1) is 10.0. The molecule has 0 fully saturated rings. The molecule has 0 saturated carbocycles. The van der Waals surface area contributed by atoms with Crippen LogP contribution in [0.4, 0.5) is 5.69 Å². The van der Waals surface area contributed by atoms with Crippen molar-refractivity contribution in [2.24, 2.45) is 0 Å². The van der Waals surface area contributed by atoms with Crippen molar-refractivity contribution in [3.63, 3.8) is 0 Å². The van der Waals surface area contributed by atoms with E-state index in [1.165, 1.54) is 17.8 Å².